The van der Waals surface area contributed by atoms with E-state index in [1.807, 2.05) is 30.3 Å². The fraction of sp³-hybridized carbons (Fsp3) is 0.250. The van der Waals surface area contributed by atoms with E-state index in [4.69, 9.17) is 0 Å². The highest BCUT2D eigenvalue weighted by Crippen LogP contribution is 2.36. The highest BCUT2D eigenvalue weighted by molar-refractivity contribution is 9.10. The van der Waals surface area contributed by atoms with Crippen LogP contribution >= 0.6 is 27.7 Å². The Labute approximate surface area is 132 Å². The summed E-state index contributed by atoms with van der Waals surface area (Å²) >= 11 is 4.97. The zero-order valence-corrected chi connectivity index (χ0v) is 13.7. The highest BCUT2D eigenvalue weighted by atomic mass is 79.9. The van der Waals surface area contributed by atoms with Crippen LogP contribution in [0.4, 0.5) is 4.39 Å². The zero-order valence-electron chi connectivity index (χ0n) is 11.3. The van der Waals surface area contributed by atoms with Gasteiger partial charge in [-0.1, -0.05) is 43.0 Å². The fourth-order valence-corrected chi connectivity index (χ4v) is 3.34. The first-order valence-electron chi connectivity index (χ1n) is 6.63. The molecule has 0 aliphatic rings. The molecule has 0 aliphatic heterocycles. The molecule has 0 saturated heterocycles. The fourth-order valence-electron chi connectivity index (χ4n) is 1.84. The van der Waals surface area contributed by atoms with E-state index in [2.05, 4.69) is 28.2 Å². The second kappa shape index (κ2) is 7.81. The Morgan fingerprint density at radius 3 is 2.70 bits per heavy atom. The van der Waals surface area contributed by atoms with Crippen LogP contribution in [0.15, 0.2) is 56.7 Å². The minimum atomic E-state index is -0.165. The molecule has 1 N–H and O–H groups in total. The molecule has 0 spiro atoms. The van der Waals surface area contributed by atoms with Gasteiger partial charge >= 0.3 is 0 Å². The average Bonchev–Trinajstić information content (AvgIpc) is 2.44. The molecule has 4 heteroatoms. The van der Waals surface area contributed by atoms with Gasteiger partial charge in [-0.25, -0.2) is 4.39 Å². The normalized spacial score (nSPS) is 10.8. The minimum Gasteiger partial charge on any atom is -0.313 e. The predicted octanol–water partition coefficient (Wildman–Crippen LogP) is 5.24. The van der Waals surface area contributed by atoms with E-state index in [9.17, 15) is 4.39 Å². The van der Waals surface area contributed by atoms with E-state index in [0.29, 0.717) is 11.4 Å². The molecule has 0 aromatic heterocycles. The standard InChI is InChI=1S/C16H17BrFNS/c1-2-10-19-11-12-6-5-8-14(18)16(12)20-15-9-4-3-7-13(15)17/h3-9,19H,2,10-11H2,1H3. The third kappa shape index (κ3) is 4.08. The Morgan fingerprint density at radius 1 is 1.15 bits per heavy atom. The van der Waals surface area contributed by atoms with Crippen molar-refractivity contribution < 1.29 is 4.39 Å². The van der Waals surface area contributed by atoms with Gasteiger partial charge in [-0.05, 0) is 52.7 Å². The van der Waals surface area contributed by atoms with E-state index in [-0.39, 0.29) is 5.82 Å². The lowest BCUT2D eigenvalue weighted by Gasteiger charge is -2.12. The summed E-state index contributed by atoms with van der Waals surface area (Å²) in [5, 5.41) is 3.33. The quantitative estimate of drug-likeness (QED) is 0.712. The summed E-state index contributed by atoms with van der Waals surface area (Å²) in [6.45, 7) is 3.75. The van der Waals surface area contributed by atoms with Crippen molar-refractivity contribution in [1.82, 2.24) is 5.32 Å². The smallest absolute Gasteiger partial charge is 0.137 e. The third-order valence-corrected chi connectivity index (χ3v) is 5.03. The molecule has 2 rings (SSSR count). The molecule has 0 radical (unpaired) electrons. The number of hydrogen-bond donors (Lipinski definition) is 1. The molecule has 0 unspecified atom stereocenters. The molecule has 0 atom stereocenters. The number of halogens is 2. The number of nitrogens with one attached hydrogen (secondary N) is 1. The van der Waals surface area contributed by atoms with Crippen LogP contribution in [-0.4, -0.2) is 6.54 Å². The topological polar surface area (TPSA) is 12.0 Å². The van der Waals surface area contributed by atoms with Crippen LogP contribution in [0.2, 0.25) is 0 Å². The maximum absolute atomic E-state index is 14.1. The van der Waals surface area contributed by atoms with E-state index in [0.717, 1.165) is 27.9 Å². The second-order valence-corrected chi connectivity index (χ2v) is 6.34. The first kappa shape index (κ1) is 15.5. The van der Waals surface area contributed by atoms with Crippen molar-refractivity contribution in [3.63, 3.8) is 0 Å². The zero-order chi connectivity index (χ0) is 14.4. The average molecular weight is 354 g/mol. The summed E-state index contributed by atoms with van der Waals surface area (Å²) in [6.07, 6.45) is 1.07. The molecule has 0 amide bonds. The van der Waals surface area contributed by atoms with Gasteiger partial charge < -0.3 is 5.32 Å². The first-order valence-corrected chi connectivity index (χ1v) is 8.23. The van der Waals surface area contributed by atoms with Crippen molar-refractivity contribution in [3.8, 4) is 0 Å². The van der Waals surface area contributed by atoms with Crippen LogP contribution in [0.3, 0.4) is 0 Å². The molecule has 106 valence electrons. The summed E-state index contributed by atoms with van der Waals surface area (Å²) in [5.74, 6) is -0.165. The van der Waals surface area contributed by atoms with Crippen LogP contribution in [0.1, 0.15) is 18.9 Å². The van der Waals surface area contributed by atoms with E-state index >= 15 is 0 Å². The van der Waals surface area contributed by atoms with Crippen LogP contribution < -0.4 is 5.32 Å². The van der Waals surface area contributed by atoms with E-state index in [1.54, 1.807) is 6.07 Å². The summed E-state index contributed by atoms with van der Waals surface area (Å²) in [5.41, 5.74) is 0.999. The molecule has 0 aliphatic carbocycles. The summed E-state index contributed by atoms with van der Waals surface area (Å²) < 4.78 is 15.1. The van der Waals surface area contributed by atoms with Gasteiger partial charge in [0.05, 0.1) is 4.90 Å². The molecule has 0 fully saturated rings. The molecule has 20 heavy (non-hydrogen) atoms. The van der Waals surface area contributed by atoms with Gasteiger partial charge in [-0.3, -0.25) is 0 Å². The molecule has 2 aromatic carbocycles. The van der Waals surface area contributed by atoms with Crippen LogP contribution in [-0.2, 0) is 6.54 Å². The summed E-state index contributed by atoms with van der Waals surface area (Å²) in [7, 11) is 0. The van der Waals surface area contributed by atoms with Crippen molar-refractivity contribution in [3.05, 3.63) is 58.3 Å². The predicted molar refractivity (Wildman–Crippen MR) is 86.7 cm³/mol. The van der Waals surface area contributed by atoms with Gasteiger partial charge in [-0.2, -0.15) is 0 Å². The number of rotatable bonds is 6. The summed E-state index contributed by atoms with van der Waals surface area (Å²) in [4.78, 5) is 1.72. The number of benzene rings is 2. The molecule has 2 aromatic rings. The van der Waals surface area contributed by atoms with Crippen LogP contribution in [0.5, 0.6) is 0 Å². The third-order valence-electron chi connectivity index (χ3n) is 2.84. The summed E-state index contributed by atoms with van der Waals surface area (Å²) in [6, 6.07) is 13.1. The lowest BCUT2D eigenvalue weighted by atomic mass is 10.2. The van der Waals surface area contributed by atoms with Gasteiger partial charge in [-0.15, -0.1) is 0 Å². The lowest BCUT2D eigenvalue weighted by molar-refractivity contribution is 0.589. The molecule has 0 bridgehead atoms. The maximum Gasteiger partial charge on any atom is 0.137 e. The molecule has 0 saturated carbocycles. The Hall–Kier alpha value is -0.840. The maximum atomic E-state index is 14.1. The molecule has 0 heterocycles. The SMILES string of the molecule is CCCNCc1cccc(F)c1Sc1ccccc1Br. The van der Waals surface area contributed by atoms with Crippen molar-refractivity contribution in [2.75, 3.05) is 6.54 Å². The molecule has 1 nitrogen and oxygen atoms in total. The van der Waals surface area contributed by atoms with E-state index in [1.165, 1.54) is 17.8 Å². The van der Waals surface area contributed by atoms with Crippen LogP contribution in [0, 0.1) is 5.82 Å². The van der Waals surface area contributed by atoms with Crippen molar-refractivity contribution in [1.29, 1.82) is 0 Å². The Bertz CT molecular complexity index is 574. The van der Waals surface area contributed by atoms with Crippen molar-refractivity contribution in [2.45, 2.75) is 29.7 Å². The van der Waals surface area contributed by atoms with Gasteiger partial charge in [0.2, 0.25) is 0 Å². The van der Waals surface area contributed by atoms with E-state index < -0.39 is 0 Å². The second-order valence-electron chi connectivity index (χ2n) is 4.44. The van der Waals surface area contributed by atoms with Gasteiger partial charge in [0, 0.05) is 15.9 Å². The van der Waals surface area contributed by atoms with Crippen LogP contribution in [0.25, 0.3) is 0 Å². The largest absolute Gasteiger partial charge is 0.313 e. The van der Waals surface area contributed by atoms with Crippen molar-refractivity contribution >= 4 is 27.7 Å². The highest BCUT2D eigenvalue weighted by Gasteiger charge is 2.11. The lowest BCUT2D eigenvalue weighted by Crippen LogP contribution is -2.14. The van der Waals surface area contributed by atoms with Gasteiger partial charge in [0.1, 0.15) is 5.82 Å². The molecular formula is C16H17BrFNS. The number of hydrogen-bond acceptors (Lipinski definition) is 2. The van der Waals surface area contributed by atoms with Gasteiger partial charge in [0.25, 0.3) is 0 Å². The van der Waals surface area contributed by atoms with Gasteiger partial charge in [0.15, 0.2) is 0 Å². The Morgan fingerprint density at radius 2 is 1.95 bits per heavy atom. The Balaban J connectivity index is 2.23. The monoisotopic (exact) mass is 353 g/mol. The first-order chi connectivity index (χ1) is 9.72. The minimum absolute atomic E-state index is 0.165. The Kier molecular flexibility index (Phi) is 6.07. The van der Waals surface area contributed by atoms with Crippen molar-refractivity contribution in [2.24, 2.45) is 0 Å². The molecular weight excluding hydrogens is 337 g/mol.